The Balaban J connectivity index is 1.50. The van der Waals surface area contributed by atoms with Gasteiger partial charge in [0.2, 0.25) is 5.91 Å². The average Bonchev–Trinajstić information content (AvgIpc) is 2.79. The molecule has 0 aromatic heterocycles. The summed E-state index contributed by atoms with van der Waals surface area (Å²) in [6.45, 7) is 5.30. The molecule has 3 unspecified atom stereocenters. The smallest absolute Gasteiger partial charge is 0.239 e. The lowest BCUT2D eigenvalue weighted by molar-refractivity contribution is -0.124. The van der Waals surface area contributed by atoms with E-state index in [2.05, 4.69) is 9.80 Å². The molecule has 3 atom stereocenters. The highest BCUT2D eigenvalue weighted by Crippen LogP contribution is 2.23. The van der Waals surface area contributed by atoms with Crippen molar-refractivity contribution in [1.82, 2.24) is 9.80 Å². The largest absolute Gasteiger partial charge is 0.490 e. The van der Waals surface area contributed by atoms with E-state index in [0.29, 0.717) is 36.0 Å². The molecule has 2 aromatic rings. The van der Waals surface area contributed by atoms with Gasteiger partial charge in [-0.05, 0) is 17.7 Å². The molecule has 0 saturated carbocycles. The molecule has 0 bridgehead atoms. The fraction of sp³-hybridized carbons (Fsp3) is 0.435. The van der Waals surface area contributed by atoms with E-state index in [9.17, 15) is 14.1 Å². The number of aliphatic hydroxyl groups is 1. The van der Waals surface area contributed by atoms with Crippen LogP contribution in [0.1, 0.15) is 18.5 Å². The van der Waals surface area contributed by atoms with Gasteiger partial charge < -0.3 is 15.6 Å². The topological polar surface area (TPSA) is 96.1 Å². The van der Waals surface area contributed by atoms with Gasteiger partial charge >= 0.3 is 0 Å². The van der Waals surface area contributed by atoms with E-state index in [4.69, 9.17) is 10.5 Å². The second-order valence-corrected chi connectivity index (χ2v) is 9.31. The maximum atomic E-state index is 12.2. The first-order valence-corrected chi connectivity index (χ1v) is 11.9. The summed E-state index contributed by atoms with van der Waals surface area (Å²) >= 11 is 0. The molecule has 8 heteroatoms. The molecule has 168 valence electrons. The summed E-state index contributed by atoms with van der Waals surface area (Å²) in [5, 5.41) is 10.5. The van der Waals surface area contributed by atoms with Gasteiger partial charge in [-0.25, -0.2) is 0 Å². The van der Waals surface area contributed by atoms with Gasteiger partial charge in [-0.2, -0.15) is 0 Å². The van der Waals surface area contributed by atoms with Gasteiger partial charge in [0.1, 0.15) is 24.5 Å². The minimum atomic E-state index is -1.11. The van der Waals surface area contributed by atoms with Gasteiger partial charge in [-0.15, -0.1) is 0 Å². The molecule has 3 rings (SSSR count). The highest BCUT2D eigenvalue weighted by Gasteiger charge is 2.29. The van der Waals surface area contributed by atoms with Crippen LogP contribution < -0.4 is 10.5 Å². The number of nitrogens with two attached hydrogens (primary N) is 1. The van der Waals surface area contributed by atoms with Crippen LogP contribution in [-0.2, 0) is 15.6 Å². The molecule has 2 aromatic carbocycles. The number of amides is 1. The fourth-order valence-electron chi connectivity index (χ4n) is 3.84. The van der Waals surface area contributed by atoms with Crippen LogP contribution in [0.2, 0.25) is 0 Å². The summed E-state index contributed by atoms with van der Waals surface area (Å²) < 4.78 is 17.9. The number of ether oxygens (including phenoxy) is 1. The van der Waals surface area contributed by atoms with Crippen molar-refractivity contribution in [3.63, 3.8) is 0 Å². The van der Waals surface area contributed by atoms with Gasteiger partial charge in [0.05, 0.1) is 15.7 Å². The van der Waals surface area contributed by atoms with Gasteiger partial charge in [0.15, 0.2) is 0 Å². The number of benzene rings is 2. The Morgan fingerprint density at radius 2 is 1.74 bits per heavy atom. The van der Waals surface area contributed by atoms with Crippen molar-refractivity contribution in [3.8, 4) is 5.75 Å². The molecule has 1 saturated heterocycles. The van der Waals surface area contributed by atoms with E-state index in [-0.39, 0.29) is 12.5 Å². The Morgan fingerprint density at radius 1 is 1.10 bits per heavy atom. The lowest BCUT2D eigenvalue weighted by Gasteiger charge is -2.38. The Bertz CT molecular complexity index is 872. The van der Waals surface area contributed by atoms with Gasteiger partial charge in [-0.1, -0.05) is 49.4 Å². The number of hydrogen-bond acceptors (Lipinski definition) is 6. The predicted molar refractivity (Wildman–Crippen MR) is 121 cm³/mol. The Kier molecular flexibility index (Phi) is 8.60. The number of aliphatic hydroxyl groups excluding tert-OH is 1. The van der Waals surface area contributed by atoms with E-state index < -0.39 is 22.9 Å². The number of primary amides is 1. The van der Waals surface area contributed by atoms with E-state index in [1.165, 1.54) is 0 Å². The molecule has 1 fully saturated rings. The summed E-state index contributed by atoms with van der Waals surface area (Å²) in [5.74, 6) is 0.720. The fourth-order valence-corrected chi connectivity index (χ4v) is 4.74. The Hall–Kier alpha value is -2.26. The number of piperazine rings is 1. The molecular formula is C23H31N3O4S. The zero-order valence-corrected chi connectivity index (χ0v) is 18.7. The van der Waals surface area contributed by atoms with E-state index in [1.54, 1.807) is 12.1 Å². The molecule has 3 N–H and O–H groups in total. The standard InChI is InChI=1S/C23H31N3O4S/c1-2-31(29)21-11-7-6-10-20(21)30-17-19(27)16-25-12-14-26(15-13-25)22(23(24)28)18-8-4-3-5-9-18/h3-11,19,22,27H,2,12-17H2,1H3,(H2,24,28). The summed E-state index contributed by atoms with van der Waals surface area (Å²) in [7, 11) is -1.11. The molecule has 1 aliphatic rings. The first kappa shape index (κ1) is 23.4. The molecule has 0 spiro atoms. The predicted octanol–water partition coefficient (Wildman–Crippen LogP) is 1.40. The molecule has 7 nitrogen and oxygen atoms in total. The number of rotatable bonds is 10. The SMILES string of the molecule is CCS(=O)c1ccccc1OCC(O)CN1CCN(C(C(N)=O)c2ccccc2)CC1. The van der Waals surface area contributed by atoms with Crippen molar-refractivity contribution in [3.05, 3.63) is 60.2 Å². The molecule has 0 aliphatic carbocycles. The van der Waals surface area contributed by atoms with Crippen LogP contribution in [-0.4, -0.2) is 76.2 Å². The maximum Gasteiger partial charge on any atom is 0.239 e. The second-order valence-electron chi connectivity index (χ2n) is 7.60. The van der Waals surface area contributed by atoms with E-state index >= 15 is 0 Å². The first-order valence-electron chi connectivity index (χ1n) is 10.6. The minimum absolute atomic E-state index is 0.131. The quantitative estimate of drug-likeness (QED) is 0.574. The summed E-state index contributed by atoms with van der Waals surface area (Å²) in [6, 6.07) is 16.4. The number of carbonyl (C=O) groups is 1. The van der Waals surface area contributed by atoms with Crippen molar-refractivity contribution in [2.24, 2.45) is 5.73 Å². The number of hydrogen-bond donors (Lipinski definition) is 2. The third kappa shape index (κ3) is 6.36. The van der Waals surface area contributed by atoms with Crippen LogP contribution in [0.15, 0.2) is 59.5 Å². The highest BCUT2D eigenvalue weighted by molar-refractivity contribution is 7.85. The summed E-state index contributed by atoms with van der Waals surface area (Å²) in [6.07, 6.45) is -0.671. The lowest BCUT2D eigenvalue weighted by atomic mass is 10.0. The second kappa shape index (κ2) is 11.4. The van der Waals surface area contributed by atoms with Crippen molar-refractivity contribution in [1.29, 1.82) is 0 Å². The van der Waals surface area contributed by atoms with Crippen molar-refractivity contribution < 1.29 is 18.8 Å². The zero-order chi connectivity index (χ0) is 22.2. The third-order valence-electron chi connectivity index (χ3n) is 5.41. The average molecular weight is 446 g/mol. The Morgan fingerprint density at radius 3 is 2.39 bits per heavy atom. The van der Waals surface area contributed by atoms with Crippen LogP contribution in [0.25, 0.3) is 0 Å². The van der Waals surface area contributed by atoms with Crippen LogP contribution in [0.3, 0.4) is 0 Å². The number of nitrogens with zero attached hydrogens (tertiary/aromatic N) is 2. The molecule has 31 heavy (non-hydrogen) atoms. The zero-order valence-electron chi connectivity index (χ0n) is 17.9. The molecule has 1 amide bonds. The van der Waals surface area contributed by atoms with Gasteiger partial charge in [0, 0.05) is 38.5 Å². The van der Waals surface area contributed by atoms with Gasteiger partial charge in [-0.3, -0.25) is 18.8 Å². The monoisotopic (exact) mass is 445 g/mol. The minimum Gasteiger partial charge on any atom is -0.490 e. The highest BCUT2D eigenvalue weighted by atomic mass is 32.2. The van der Waals surface area contributed by atoms with Crippen molar-refractivity contribution in [2.45, 2.75) is 24.0 Å². The molecule has 1 heterocycles. The van der Waals surface area contributed by atoms with Crippen LogP contribution in [0.5, 0.6) is 5.75 Å². The van der Waals surface area contributed by atoms with E-state index in [1.807, 2.05) is 49.4 Å². The molecule has 0 radical (unpaired) electrons. The van der Waals surface area contributed by atoms with Gasteiger partial charge in [0.25, 0.3) is 0 Å². The van der Waals surface area contributed by atoms with Crippen LogP contribution >= 0.6 is 0 Å². The third-order valence-corrected chi connectivity index (χ3v) is 6.77. The lowest BCUT2D eigenvalue weighted by Crippen LogP contribution is -2.52. The number of β-amino-alcohol motifs (C(OH)–C–C–N with tert-alkyl or cyclic N) is 1. The summed E-state index contributed by atoms with van der Waals surface area (Å²) in [5.41, 5.74) is 6.58. The van der Waals surface area contributed by atoms with Crippen molar-refractivity contribution in [2.75, 3.05) is 45.1 Å². The van der Waals surface area contributed by atoms with Crippen LogP contribution in [0, 0.1) is 0 Å². The first-order chi connectivity index (χ1) is 15.0. The van der Waals surface area contributed by atoms with Crippen LogP contribution in [0.4, 0.5) is 0 Å². The Labute approximate surface area is 186 Å². The molecule has 1 aliphatic heterocycles. The van der Waals surface area contributed by atoms with E-state index in [0.717, 1.165) is 18.7 Å². The number of carbonyl (C=O) groups excluding carboxylic acids is 1. The normalized spacial score (nSPS) is 18.3. The summed E-state index contributed by atoms with van der Waals surface area (Å²) in [4.78, 5) is 17.0. The number of para-hydroxylation sites is 1. The van der Waals surface area contributed by atoms with Crippen molar-refractivity contribution >= 4 is 16.7 Å². The molecular weight excluding hydrogens is 414 g/mol. The maximum absolute atomic E-state index is 12.2.